The quantitative estimate of drug-likeness (QED) is 0.656. The van der Waals surface area contributed by atoms with Crippen molar-refractivity contribution >= 4 is 23.3 Å². The molecule has 0 radical (unpaired) electrons. The summed E-state index contributed by atoms with van der Waals surface area (Å²) in [5, 5.41) is 10.3. The van der Waals surface area contributed by atoms with Crippen LogP contribution < -0.4 is 20.3 Å². The number of hydrogen-bond donors (Lipinski definition) is 0. The zero-order valence-corrected chi connectivity index (χ0v) is 16.7. The normalized spacial score (nSPS) is 19.0. The van der Waals surface area contributed by atoms with Gasteiger partial charge in [-0.05, 0) is 18.2 Å². The highest BCUT2D eigenvalue weighted by molar-refractivity contribution is 6.05. The summed E-state index contributed by atoms with van der Waals surface area (Å²) in [6.45, 7) is 2.98. The third-order valence-corrected chi connectivity index (χ3v) is 5.20. The lowest BCUT2D eigenvalue weighted by molar-refractivity contribution is 0.407. The van der Waals surface area contributed by atoms with Gasteiger partial charge in [0.15, 0.2) is 5.49 Å². The maximum Gasteiger partial charge on any atom is 0.160 e. The molecule has 0 N–H and O–H groups in total. The lowest BCUT2D eigenvalue weighted by atomic mass is 10.2. The number of aromatic nitrogens is 2. The van der Waals surface area contributed by atoms with Crippen LogP contribution in [-0.2, 0) is 0 Å². The summed E-state index contributed by atoms with van der Waals surface area (Å²) in [5.41, 5.74) is 2.78. The highest BCUT2D eigenvalue weighted by Crippen LogP contribution is 2.25. The molecule has 0 saturated carbocycles. The molecule has 0 unspecified atom stereocenters. The first-order valence-electron chi connectivity index (χ1n) is 9.96. The molecular formula is C23H19N7O. The van der Waals surface area contributed by atoms with E-state index in [1.165, 1.54) is 0 Å². The molecule has 152 valence electrons. The van der Waals surface area contributed by atoms with E-state index in [0.29, 0.717) is 29.0 Å². The predicted molar refractivity (Wildman–Crippen MR) is 117 cm³/mol. The minimum absolute atomic E-state index is 0.452. The first kappa shape index (κ1) is 18.8. The predicted octanol–water partition coefficient (Wildman–Crippen LogP) is 1.59. The first-order valence-corrected chi connectivity index (χ1v) is 9.96. The Morgan fingerprint density at radius 2 is 2.06 bits per heavy atom. The van der Waals surface area contributed by atoms with Crippen LogP contribution in [0.1, 0.15) is 5.56 Å². The van der Waals surface area contributed by atoms with Crippen LogP contribution in [-0.4, -0.2) is 47.3 Å². The van der Waals surface area contributed by atoms with Crippen molar-refractivity contribution in [2.45, 2.75) is 0 Å². The lowest BCUT2D eigenvalue weighted by Crippen LogP contribution is -2.41. The van der Waals surface area contributed by atoms with Gasteiger partial charge in [0.1, 0.15) is 24.0 Å². The average Bonchev–Trinajstić information content (AvgIpc) is 3.23. The van der Waals surface area contributed by atoms with Gasteiger partial charge < -0.3 is 14.5 Å². The number of hydrogen-bond acceptors (Lipinski definition) is 8. The number of allylic oxidation sites excluding steroid dienone is 2. The molecular weight excluding hydrogens is 390 g/mol. The van der Waals surface area contributed by atoms with E-state index in [1.807, 2.05) is 18.4 Å². The van der Waals surface area contributed by atoms with Gasteiger partial charge in [0.2, 0.25) is 0 Å². The Kier molecular flexibility index (Phi) is 4.99. The summed E-state index contributed by atoms with van der Waals surface area (Å²) in [4.78, 5) is 22.4. The summed E-state index contributed by atoms with van der Waals surface area (Å²) < 4.78 is 5.69. The zero-order chi connectivity index (χ0) is 21.0. The van der Waals surface area contributed by atoms with Gasteiger partial charge >= 0.3 is 0 Å². The highest BCUT2D eigenvalue weighted by atomic mass is 16.5. The van der Waals surface area contributed by atoms with E-state index in [4.69, 9.17) is 4.74 Å². The SMILES string of the molecule is N#Cc1ccc2cc1O/C=C\C=C/CN1C=CN(CC1)c1ncnc3c1=C(C=N2)CN=3. The zero-order valence-electron chi connectivity index (χ0n) is 16.7. The maximum atomic E-state index is 9.36. The van der Waals surface area contributed by atoms with Crippen molar-refractivity contribution in [3.05, 3.63) is 77.7 Å². The van der Waals surface area contributed by atoms with Crippen LogP contribution in [0.2, 0.25) is 0 Å². The summed E-state index contributed by atoms with van der Waals surface area (Å²) in [7, 11) is 0. The molecule has 1 aromatic heterocycles. The van der Waals surface area contributed by atoms with Gasteiger partial charge in [-0.3, -0.25) is 9.98 Å². The van der Waals surface area contributed by atoms with Crippen LogP contribution in [0.3, 0.4) is 0 Å². The van der Waals surface area contributed by atoms with Gasteiger partial charge in [0, 0.05) is 49.9 Å². The smallest absolute Gasteiger partial charge is 0.160 e. The second kappa shape index (κ2) is 8.24. The lowest BCUT2D eigenvalue weighted by Gasteiger charge is -2.30. The second-order valence-electron chi connectivity index (χ2n) is 7.15. The Morgan fingerprint density at radius 3 is 2.94 bits per heavy atom. The van der Waals surface area contributed by atoms with Gasteiger partial charge in [-0.1, -0.05) is 12.2 Å². The standard InChI is InChI=1S/C23H19N7O/c24-13-17-4-5-19-12-20(17)31-11-3-1-2-6-29-7-9-30(10-8-29)23-21-18(14-25-19)15-26-22(21)27-16-28-23/h1-5,7,9,11-12,14,16H,6,8,10,15H2/b2-1-,11-3-,25-14?. The van der Waals surface area contributed by atoms with Crippen LogP contribution >= 0.6 is 0 Å². The minimum Gasteiger partial charge on any atom is -0.464 e. The van der Waals surface area contributed by atoms with Crippen molar-refractivity contribution in [1.29, 1.82) is 5.26 Å². The van der Waals surface area contributed by atoms with Crippen LogP contribution in [0, 0.1) is 11.3 Å². The number of anilines is 1. The van der Waals surface area contributed by atoms with Crippen molar-refractivity contribution in [2.75, 3.05) is 31.1 Å². The third kappa shape index (κ3) is 3.81. The number of aliphatic imine (C=N–C) groups is 1. The Bertz CT molecular complexity index is 1300. The molecule has 0 atom stereocenters. The molecule has 0 saturated heterocycles. The fraction of sp³-hybridized carbons (Fsp3) is 0.174. The van der Waals surface area contributed by atoms with E-state index in [9.17, 15) is 5.26 Å². The number of rotatable bonds is 0. The van der Waals surface area contributed by atoms with Crippen LogP contribution in [0.25, 0.3) is 5.57 Å². The summed E-state index contributed by atoms with van der Waals surface area (Å²) in [6.07, 6.45) is 14.8. The molecule has 8 nitrogen and oxygen atoms in total. The van der Waals surface area contributed by atoms with Crippen molar-refractivity contribution < 1.29 is 4.74 Å². The molecule has 0 spiro atoms. The van der Waals surface area contributed by atoms with Crippen molar-refractivity contribution in [3.63, 3.8) is 0 Å². The molecule has 4 bridgehead atoms. The monoisotopic (exact) mass is 409 g/mol. The summed E-state index contributed by atoms with van der Waals surface area (Å²) in [6, 6.07) is 7.40. The molecule has 0 amide bonds. The van der Waals surface area contributed by atoms with Gasteiger partial charge in [-0.25, -0.2) is 9.97 Å². The fourth-order valence-electron chi connectivity index (χ4n) is 3.59. The second-order valence-corrected chi connectivity index (χ2v) is 7.15. The molecule has 2 aromatic rings. The fourth-order valence-corrected chi connectivity index (χ4v) is 3.59. The molecule has 31 heavy (non-hydrogen) atoms. The largest absolute Gasteiger partial charge is 0.464 e. The van der Waals surface area contributed by atoms with E-state index in [1.54, 1.807) is 37.0 Å². The minimum atomic E-state index is 0.452. The molecule has 0 aliphatic carbocycles. The average molecular weight is 409 g/mol. The Hall–Kier alpha value is -4.25. The Labute approximate surface area is 179 Å². The third-order valence-electron chi connectivity index (χ3n) is 5.20. The molecule has 5 heterocycles. The first-order chi connectivity index (χ1) is 15.3. The molecule has 4 aliphatic rings. The number of benzene rings is 1. The molecule has 4 aliphatic heterocycles. The van der Waals surface area contributed by atoms with Gasteiger partial charge in [0.25, 0.3) is 0 Å². The van der Waals surface area contributed by atoms with Crippen LogP contribution in [0.4, 0.5) is 11.5 Å². The van der Waals surface area contributed by atoms with E-state index in [0.717, 1.165) is 36.2 Å². The Balaban J connectivity index is 1.63. The molecule has 8 heteroatoms. The number of fused-ring (bicyclic) bond motifs is 4. The highest BCUT2D eigenvalue weighted by Gasteiger charge is 2.18. The van der Waals surface area contributed by atoms with Gasteiger partial charge in [-0.15, -0.1) is 0 Å². The van der Waals surface area contributed by atoms with E-state index in [-0.39, 0.29) is 0 Å². The van der Waals surface area contributed by atoms with E-state index in [2.05, 4.69) is 48.1 Å². The maximum absolute atomic E-state index is 9.36. The number of nitrogens with zero attached hydrogens (tertiary/aromatic N) is 7. The van der Waals surface area contributed by atoms with E-state index >= 15 is 0 Å². The van der Waals surface area contributed by atoms with Crippen LogP contribution in [0.15, 0.2) is 71.4 Å². The molecule has 0 fully saturated rings. The van der Waals surface area contributed by atoms with Crippen molar-refractivity contribution in [2.24, 2.45) is 9.98 Å². The van der Waals surface area contributed by atoms with Crippen molar-refractivity contribution in [1.82, 2.24) is 14.9 Å². The topological polar surface area (TPSA) is 90.0 Å². The van der Waals surface area contributed by atoms with Gasteiger partial charge in [0.05, 0.1) is 29.3 Å². The van der Waals surface area contributed by atoms with Crippen LogP contribution in [0.5, 0.6) is 5.75 Å². The summed E-state index contributed by atoms with van der Waals surface area (Å²) >= 11 is 0. The van der Waals surface area contributed by atoms with Gasteiger partial charge in [-0.2, -0.15) is 5.26 Å². The molecule has 6 rings (SSSR count). The summed E-state index contributed by atoms with van der Waals surface area (Å²) in [5.74, 6) is 1.30. The van der Waals surface area contributed by atoms with Crippen molar-refractivity contribution in [3.8, 4) is 11.8 Å². The number of nitriles is 1. The van der Waals surface area contributed by atoms with E-state index < -0.39 is 0 Å². The molecule has 1 aromatic carbocycles. The Morgan fingerprint density at radius 1 is 1.10 bits per heavy atom. The number of ether oxygens (including phenoxy) is 1.